The number of fused-ring (bicyclic) bond motifs is 1. The van der Waals surface area contributed by atoms with Gasteiger partial charge in [-0.3, -0.25) is 0 Å². The minimum Gasteiger partial charge on any atom is -0.493 e. The predicted molar refractivity (Wildman–Crippen MR) is 122 cm³/mol. The fourth-order valence-electron chi connectivity index (χ4n) is 3.38. The molecule has 2 heterocycles. The standard InChI is InChI=1S/C22H19F3N4O2.C2H6/c1-13-9-16(11-18(30-2)20(13)31-3)27-19-7-8-29-21(28-19)17(12-26-29)14-5-4-6-15(10-14)22(23,24)25;1-2/h4-12H,1-3H3,(H,27,28);1-2H3. The van der Waals surface area contributed by atoms with E-state index >= 15 is 0 Å². The summed E-state index contributed by atoms with van der Waals surface area (Å²) < 4.78 is 51.6. The van der Waals surface area contributed by atoms with Crippen LogP contribution in [0.2, 0.25) is 0 Å². The maximum absolute atomic E-state index is 13.1. The van der Waals surface area contributed by atoms with Gasteiger partial charge in [0.05, 0.1) is 26.0 Å². The number of anilines is 2. The summed E-state index contributed by atoms with van der Waals surface area (Å²) in [5.41, 5.74) is 2.20. The van der Waals surface area contributed by atoms with Crippen LogP contribution in [-0.2, 0) is 6.18 Å². The highest BCUT2D eigenvalue weighted by atomic mass is 19.4. The van der Waals surface area contributed by atoms with Crippen molar-refractivity contribution in [3.05, 3.63) is 66.0 Å². The van der Waals surface area contributed by atoms with E-state index in [-0.39, 0.29) is 0 Å². The SMILES string of the molecule is CC.COc1cc(Nc2ccn3ncc(-c4cccc(C(F)(F)F)c4)c3n2)cc(C)c1OC. The number of hydrogen-bond donors (Lipinski definition) is 1. The summed E-state index contributed by atoms with van der Waals surface area (Å²) in [6, 6.07) is 10.5. The number of ether oxygens (including phenoxy) is 2. The molecule has 0 atom stereocenters. The van der Waals surface area contributed by atoms with Crippen LogP contribution in [0.4, 0.5) is 24.7 Å². The van der Waals surface area contributed by atoms with Crippen molar-refractivity contribution >= 4 is 17.2 Å². The smallest absolute Gasteiger partial charge is 0.416 e. The Bertz CT molecular complexity index is 1250. The molecule has 9 heteroatoms. The second kappa shape index (κ2) is 9.81. The van der Waals surface area contributed by atoms with E-state index in [0.29, 0.717) is 34.1 Å². The lowest BCUT2D eigenvalue weighted by molar-refractivity contribution is -0.137. The molecule has 0 saturated carbocycles. The molecule has 0 aliphatic rings. The number of nitrogens with one attached hydrogen (secondary N) is 1. The molecule has 2 aromatic carbocycles. The first kappa shape index (κ1) is 23.9. The van der Waals surface area contributed by atoms with Crippen LogP contribution < -0.4 is 14.8 Å². The Morgan fingerprint density at radius 3 is 2.42 bits per heavy atom. The minimum atomic E-state index is -4.43. The molecule has 33 heavy (non-hydrogen) atoms. The van der Waals surface area contributed by atoms with Gasteiger partial charge in [-0.2, -0.15) is 18.3 Å². The van der Waals surface area contributed by atoms with Gasteiger partial charge in [-0.05, 0) is 42.3 Å². The van der Waals surface area contributed by atoms with Crippen LogP contribution in [0.25, 0.3) is 16.8 Å². The molecule has 1 N–H and O–H groups in total. The molecule has 0 saturated heterocycles. The highest BCUT2D eigenvalue weighted by Gasteiger charge is 2.30. The molecule has 0 radical (unpaired) electrons. The van der Waals surface area contributed by atoms with Crippen molar-refractivity contribution in [3.8, 4) is 22.6 Å². The first-order valence-corrected chi connectivity index (χ1v) is 10.3. The van der Waals surface area contributed by atoms with Crippen molar-refractivity contribution < 1.29 is 22.6 Å². The molecule has 0 aliphatic heterocycles. The van der Waals surface area contributed by atoms with Crippen molar-refractivity contribution in [1.82, 2.24) is 14.6 Å². The number of halogens is 3. The quantitative estimate of drug-likeness (QED) is 0.369. The van der Waals surface area contributed by atoms with Gasteiger partial charge in [0.25, 0.3) is 0 Å². The molecular formula is C24H25F3N4O2. The van der Waals surface area contributed by atoms with E-state index in [0.717, 1.165) is 23.4 Å². The summed E-state index contributed by atoms with van der Waals surface area (Å²) in [5, 5.41) is 7.41. The first-order valence-electron chi connectivity index (χ1n) is 10.3. The third-order valence-corrected chi connectivity index (χ3v) is 4.81. The normalized spacial score (nSPS) is 11.0. The van der Waals surface area contributed by atoms with Crippen molar-refractivity contribution in [2.45, 2.75) is 26.9 Å². The summed E-state index contributed by atoms with van der Waals surface area (Å²) in [4.78, 5) is 4.56. The van der Waals surface area contributed by atoms with E-state index in [9.17, 15) is 13.2 Å². The van der Waals surface area contributed by atoms with Crippen LogP contribution in [-0.4, -0.2) is 28.8 Å². The van der Waals surface area contributed by atoms with Crippen molar-refractivity contribution in [2.24, 2.45) is 0 Å². The van der Waals surface area contributed by atoms with E-state index in [1.54, 1.807) is 38.6 Å². The number of aromatic nitrogens is 3. The van der Waals surface area contributed by atoms with Crippen molar-refractivity contribution in [2.75, 3.05) is 19.5 Å². The molecule has 0 amide bonds. The Morgan fingerprint density at radius 2 is 1.76 bits per heavy atom. The number of aryl methyl sites for hydroxylation is 1. The van der Waals surface area contributed by atoms with Crippen LogP contribution in [0.1, 0.15) is 25.0 Å². The Hall–Kier alpha value is -3.75. The van der Waals surface area contributed by atoms with Gasteiger partial charge in [0.2, 0.25) is 0 Å². The molecule has 2 aromatic heterocycles. The van der Waals surface area contributed by atoms with E-state index in [2.05, 4.69) is 15.4 Å². The Balaban J connectivity index is 0.00000149. The number of nitrogens with zero attached hydrogens (tertiary/aromatic N) is 3. The first-order chi connectivity index (χ1) is 15.8. The molecule has 0 spiro atoms. The zero-order valence-electron chi connectivity index (χ0n) is 19.0. The average Bonchev–Trinajstić information content (AvgIpc) is 3.23. The second-order valence-corrected chi connectivity index (χ2v) is 6.87. The van der Waals surface area contributed by atoms with Crippen LogP contribution in [0, 0.1) is 6.92 Å². The molecule has 174 valence electrons. The molecular weight excluding hydrogens is 433 g/mol. The lowest BCUT2D eigenvalue weighted by Crippen LogP contribution is -2.04. The van der Waals surface area contributed by atoms with Gasteiger partial charge in [-0.1, -0.05) is 26.0 Å². The van der Waals surface area contributed by atoms with Gasteiger partial charge in [-0.15, -0.1) is 0 Å². The van der Waals surface area contributed by atoms with Crippen LogP contribution in [0.3, 0.4) is 0 Å². The molecule has 0 fully saturated rings. The van der Waals surface area contributed by atoms with Gasteiger partial charge in [0, 0.05) is 23.5 Å². The molecule has 4 rings (SSSR count). The van der Waals surface area contributed by atoms with Crippen LogP contribution in [0.5, 0.6) is 11.5 Å². The summed E-state index contributed by atoms with van der Waals surface area (Å²) in [5.74, 6) is 1.71. The highest BCUT2D eigenvalue weighted by Crippen LogP contribution is 2.36. The largest absolute Gasteiger partial charge is 0.493 e. The summed E-state index contributed by atoms with van der Waals surface area (Å²) in [7, 11) is 3.13. The topological polar surface area (TPSA) is 60.7 Å². The third kappa shape index (κ3) is 5.02. The minimum absolute atomic E-state index is 0.386. The fraction of sp³-hybridized carbons (Fsp3) is 0.250. The second-order valence-electron chi connectivity index (χ2n) is 6.87. The lowest BCUT2D eigenvalue weighted by Gasteiger charge is -2.14. The number of rotatable bonds is 5. The van der Waals surface area contributed by atoms with Crippen molar-refractivity contribution in [1.29, 1.82) is 0 Å². The summed E-state index contributed by atoms with van der Waals surface area (Å²) in [6.45, 7) is 5.89. The highest BCUT2D eigenvalue weighted by molar-refractivity contribution is 5.78. The number of benzene rings is 2. The number of hydrogen-bond acceptors (Lipinski definition) is 5. The van der Waals surface area contributed by atoms with Crippen molar-refractivity contribution in [3.63, 3.8) is 0 Å². The van der Waals surface area contributed by atoms with E-state index in [1.807, 2.05) is 26.8 Å². The zero-order valence-corrected chi connectivity index (χ0v) is 19.0. The monoisotopic (exact) mass is 458 g/mol. The Morgan fingerprint density at radius 1 is 1.00 bits per heavy atom. The predicted octanol–water partition coefficient (Wildman–Crippen LogP) is 6.51. The molecule has 0 bridgehead atoms. The molecule has 0 aliphatic carbocycles. The van der Waals surface area contributed by atoms with E-state index in [4.69, 9.17) is 9.47 Å². The Labute approximate surface area is 190 Å². The summed E-state index contributed by atoms with van der Waals surface area (Å²) in [6.07, 6.45) is -1.23. The van der Waals surface area contributed by atoms with Crippen LogP contribution in [0.15, 0.2) is 54.9 Å². The molecule has 0 unspecified atom stereocenters. The maximum atomic E-state index is 13.1. The lowest BCUT2D eigenvalue weighted by atomic mass is 10.1. The molecule has 6 nitrogen and oxygen atoms in total. The van der Waals surface area contributed by atoms with Gasteiger partial charge in [0.1, 0.15) is 5.82 Å². The number of methoxy groups -OCH3 is 2. The third-order valence-electron chi connectivity index (χ3n) is 4.81. The van der Waals surface area contributed by atoms with Gasteiger partial charge >= 0.3 is 6.18 Å². The zero-order chi connectivity index (χ0) is 24.2. The Kier molecular flexibility index (Phi) is 7.10. The number of alkyl halides is 3. The summed E-state index contributed by atoms with van der Waals surface area (Å²) >= 11 is 0. The van der Waals surface area contributed by atoms with Gasteiger partial charge in [0.15, 0.2) is 17.1 Å². The average molecular weight is 458 g/mol. The van der Waals surface area contributed by atoms with Gasteiger partial charge < -0.3 is 14.8 Å². The van der Waals surface area contributed by atoms with E-state index in [1.165, 1.54) is 16.8 Å². The molecule has 4 aromatic rings. The van der Waals surface area contributed by atoms with Crippen LogP contribution >= 0.6 is 0 Å². The van der Waals surface area contributed by atoms with Gasteiger partial charge in [-0.25, -0.2) is 9.50 Å². The van der Waals surface area contributed by atoms with E-state index < -0.39 is 11.7 Å². The maximum Gasteiger partial charge on any atom is 0.416 e. The fourth-order valence-corrected chi connectivity index (χ4v) is 3.38.